The molecule has 0 bridgehead atoms. The Morgan fingerprint density at radius 3 is 2.71 bits per heavy atom. The van der Waals surface area contributed by atoms with E-state index in [1.54, 1.807) is 26.0 Å². The number of amides is 1. The number of hydrogen-bond acceptors (Lipinski definition) is 6. The highest BCUT2D eigenvalue weighted by molar-refractivity contribution is 5.73. The third-order valence-corrected chi connectivity index (χ3v) is 4.05. The van der Waals surface area contributed by atoms with Gasteiger partial charge in [-0.2, -0.15) is 0 Å². The van der Waals surface area contributed by atoms with E-state index < -0.39 is 36.4 Å². The van der Waals surface area contributed by atoms with Crippen molar-refractivity contribution in [3.05, 3.63) is 30.3 Å². The highest BCUT2D eigenvalue weighted by Gasteiger charge is 2.52. The number of carbonyl (C=O) groups excluding carboxylic acids is 1. The molecule has 2 N–H and O–H groups in total. The third-order valence-electron chi connectivity index (χ3n) is 4.05. The number of carbonyl (C=O) groups is 1. The SMILES string of the molecule is CC(=O)N[C@H]1[C@@H](Oc2ccccc2)O[C@@H]2COC(C)(C)O[C@@H]2[C@H]1O. The van der Waals surface area contributed by atoms with Gasteiger partial charge in [0.15, 0.2) is 5.79 Å². The van der Waals surface area contributed by atoms with Crippen LogP contribution in [0, 0.1) is 0 Å². The van der Waals surface area contributed by atoms with Crippen LogP contribution in [0.3, 0.4) is 0 Å². The molecule has 0 saturated carbocycles. The van der Waals surface area contributed by atoms with Crippen LogP contribution in [0.25, 0.3) is 0 Å². The summed E-state index contributed by atoms with van der Waals surface area (Å²) in [6.45, 7) is 5.20. The number of rotatable bonds is 3. The summed E-state index contributed by atoms with van der Waals surface area (Å²) in [4.78, 5) is 11.5. The number of hydrogen-bond donors (Lipinski definition) is 2. The molecule has 1 aromatic carbocycles. The van der Waals surface area contributed by atoms with Gasteiger partial charge in [-0.1, -0.05) is 18.2 Å². The number of aliphatic hydroxyl groups is 1. The minimum Gasteiger partial charge on any atom is -0.463 e. The van der Waals surface area contributed by atoms with Crippen molar-refractivity contribution < 1.29 is 28.8 Å². The van der Waals surface area contributed by atoms with Crippen LogP contribution in [-0.4, -0.2) is 54.1 Å². The molecule has 0 radical (unpaired) electrons. The van der Waals surface area contributed by atoms with Crippen molar-refractivity contribution in [2.24, 2.45) is 0 Å². The molecule has 1 amide bonds. The van der Waals surface area contributed by atoms with Gasteiger partial charge < -0.3 is 29.4 Å². The molecule has 2 aliphatic rings. The molecule has 2 fully saturated rings. The number of aliphatic hydroxyl groups excluding tert-OH is 1. The largest absolute Gasteiger partial charge is 0.463 e. The molecule has 132 valence electrons. The van der Waals surface area contributed by atoms with E-state index in [1.807, 2.05) is 18.2 Å². The first-order valence-electron chi connectivity index (χ1n) is 8.00. The van der Waals surface area contributed by atoms with Crippen LogP contribution in [0.15, 0.2) is 30.3 Å². The molecule has 2 aliphatic heterocycles. The van der Waals surface area contributed by atoms with E-state index in [-0.39, 0.29) is 12.5 Å². The molecule has 24 heavy (non-hydrogen) atoms. The Labute approximate surface area is 140 Å². The first-order valence-corrected chi connectivity index (χ1v) is 8.00. The van der Waals surface area contributed by atoms with Crippen molar-refractivity contribution >= 4 is 5.91 Å². The number of ether oxygens (including phenoxy) is 4. The quantitative estimate of drug-likeness (QED) is 0.849. The third kappa shape index (κ3) is 3.70. The smallest absolute Gasteiger partial charge is 0.223 e. The number of benzene rings is 1. The van der Waals surface area contributed by atoms with Crippen LogP contribution in [-0.2, 0) is 19.0 Å². The molecule has 7 nitrogen and oxygen atoms in total. The first kappa shape index (κ1) is 17.2. The summed E-state index contributed by atoms with van der Waals surface area (Å²) < 4.78 is 23.1. The normalized spacial score (nSPS) is 34.9. The van der Waals surface area contributed by atoms with Gasteiger partial charge in [-0.3, -0.25) is 4.79 Å². The fourth-order valence-electron chi connectivity index (χ4n) is 2.97. The van der Waals surface area contributed by atoms with Gasteiger partial charge in [-0.15, -0.1) is 0 Å². The van der Waals surface area contributed by atoms with Crippen LogP contribution >= 0.6 is 0 Å². The summed E-state index contributed by atoms with van der Waals surface area (Å²) in [5.74, 6) is -0.519. The summed E-state index contributed by atoms with van der Waals surface area (Å²) in [6, 6.07) is 8.35. The van der Waals surface area contributed by atoms with Crippen LogP contribution < -0.4 is 10.1 Å². The van der Waals surface area contributed by atoms with Crippen molar-refractivity contribution in [2.75, 3.05) is 6.61 Å². The average molecular weight is 337 g/mol. The number of para-hydroxylation sites is 1. The Kier molecular flexibility index (Phi) is 4.78. The van der Waals surface area contributed by atoms with Gasteiger partial charge in [-0.25, -0.2) is 0 Å². The molecular formula is C17H23NO6. The van der Waals surface area contributed by atoms with Crippen molar-refractivity contribution in [3.8, 4) is 5.75 Å². The van der Waals surface area contributed by atoms with Crippen LogP contribution in [0.1, 0.15) is 20.8 Å². The van der Waals surface area contributed by atoms with Gasteiger partial charge >= 0.3 is 0 Å². The Hall–Kier alpha value is -1.67. The lowest BCUT2D eigenvalue weighted by atomic mass is 9.95. The lowest BCUT2D eigenvalue weighted by molar-refractivity contribution is -0.361. The summed E-state index contributed by atoms with van der Waals surface area (Å²) in [6.07, 6.45) is -2.92. The molecular weight excluding hydrogens is 314 g/mol. The molecule has 0 unspecified atom stereocenters. The van der Waals surface area contributed by atoms with E-state index in [9.17, 15) is 9.90 Å². The highest BCUT2D eigenvalue weighted by Crippen LogP contribution is 2.33. The second-order valence-electron chi connectivity index (χ2n) is 6.48. The molecule has 7 heteroatoms. The monoisotopic (exact) mass is 337 g/mol. The summed E-state index contributed by atoms with van der Waals surface area (Å²) >= 11 is 0. The van der Waals surface area contributed by atoms with Gasteiger partial charge in [0.25, 0.3) is 0 Å². The summed E-state index contributed by atoms with van der Waals surface area (Å²) in [5.41, 5.74) is 0. The number of nitrogens with one attached hydrogen (secondary N) is 1. The van der Waals surface area contributed by atoms with Crippen molar-refractivity contribution in [3.63, 3.8) is 0 Å². The molecule has 3 rings (SSSR count). The van der Waals surface area contributed by atoms with Gasteiger partial charge in [0.05, 0.1) is 6.61 Å². The minimum atomic E-state index is -0.982. The van der Waals surface area contributed by atoms with Gasteiger partial charge in [0, 0.05) is 6.92 Å². The molecule has 5 atom stereocenters. The molecule has 0 spiro atoms. The van der Waals surface area contributed by atoms with Crippen LogP contribution in [0.2, 0.25) is 0 Å². The Morgan fingerprint density at radius 2 is 2.04 bits per heavy atom. The second kappa shape index (κ2) is 6.68. The maximum Gasteiger partial charge on any atom is 0.223 e. The predicted molar refractivity (Wildman–Crippen MR) is 84.2 cm³/mol. The lowest BCUT2D eigenvalue weighted by Crippen LogP contribution is -2.69. The van der Waals surface area contributed by atoms with Gasteiger partial charge in [0.2, 0.25) is 12.2 Å². The first-order chi connectivity index (χ1) is 11.4. The summed E-state index contributed by atoms with van der Waals surface area (Å²) in [5, 5.41) is 13.4. The number of fused-ring (bicyclic) bond motifs is 1. The fraction of sp³-hybridized carbons (Fsp3) is 0.588. The van der Waals surface area contributed by atoms with Crippen LogP contribution in [0.4, 0.5) is 0 Å². The standard InChI is InChI=1S/C17H23NO6/c1-10(19)18-13-14(20)15-12(9-21-17(2,3)24-15)23-16(13)22-11-7-5-4-6-8-11/h4-8,12-16,20H,9H2,1-3H3,(H,18,19)/t12-,13-,14+,15+,16+/m1/s1. The molecule has 1 aromatic rings. The van der Waals surface area contributed by atoms with E-state index in [4.69, 9.17) is 18.9 Å². The Bertz CT molecular complexity index is 578. The molecule has 0 aliphatic carbocycles. The zero-order chi connectivity index (χ0) is 17.3. The van der Waals surface area contributed by atoms with E-state index in [2.05, 4.69) is 5.32 Å². The maximum absolute atomic E-state index is 11.5. The summed E-state index contributed by atoms with van der Waals surface area (Å²) in [7, 11) is 0. The minimum absolute atomic E-state index is 0.274. The van der Waals surface area contributed by atoms with Crippen molar-refractivity contribution in [1.82, 2.24) is 5.32 Å². The predicted octanol–water partition coefficient (Wildman–Crippen LogP) is 0.807. The molecule has 2 heterocycles. The molecule has 0 aromatic heterocycles. The van der Waals surface area contributed by atoms with E-state index in [0.717, 1.165) is 0 Å². The highest BCUT2D eigenvalue weighted by atomic mass is 16.8. The maximum atomic E-state index is 11.5. The van der Waals surface area contributed by atoms with E-state index >= 15 is 0 Å². The average Bonchev–Trinajstić information content (AvgIpc) is 2.52. The molecule has 2 saturated heterocycles. The van der Waals surface area contributed by atoms with Gasteiger partial charge in [-0.05, 0) is 26.0 Å². The van der Waals surface area contributed by atoms with E-state index in [1.165, 1.54) is 6.92 Å². The zero-order valence-electron chi connectivity index (χ0n) is 14.0. The Morgan fingerprint density at radius 1 is 1.33 bits per heavy atom. The van der Waals surface area contributed by atoms with Crippen molar-refractivity contribution in [2.45, 2.75) is 57.2 Å². The van der Waals surface area contributed by atoms with Gasteiger partial charge in [0.1, 0.15) is 30.1 Å². The van der Waals surface area contributed by atoms with Crippen LogP contribution in [0.5, 0.6) is 5.75 Å². The fourth-order valence-corrected chi connectivity index (χ4v) is 2.97. The lowest BCUT2D eigenvalue weighted by Gasteiger charge is -2.49. The topological polar surface area (TPSA) is 86.3 Å². The Balaban J connectivity index is 1.81. The zero-order valence-corrected chi connectivity index (χ0v) is 14.0. The van der Waals surface area contributed by atoms with E-state index in [0.29, 0.717) is 5.75 Å². The van der Waals surface area contributed by atoms with Crippen molar-refractivity contribution in [1.29, 1.82) is 0 Å². The second-order valence-corrected chi connectivity index (χ2v) is 6.48.